The predicted octanol–water partition coefficient (Wildman–Crippen LogP) is 3.29. The van der Waals surface area contributed by atoms with Crippen LogP contribution in [0.25, 0.3) is 0 Å². The fraction of sp³-hybridized carbons (Fsp3) is 0.118. The van der Waals surface area contributed by atoms with Crippen LogP contribution in [-0.4, -0.2) is 25.0 Å². The van der Waals surface area contributed by atoms with Gasteiger partial charge >= 0.3 is 12.1 Å². The van der Waals surface area contributed by atoms with E-state index in [0.717, 1.165) is 0 Å². The van der Waals surface area contributed by atoms with Gasteiger partial charge in [-0.2, -0.15) is 0 Å². The fourth-order valence-corrected chi connectivity index (χ4v) is 1.84. The van der Waals surface area contributed by atoms with Crippen LogP contribution in [0.2, 0.25) is 0 Å². The minimum absolute atomic E-state index is 0.0968. The number of anilines is 1. The molecule has 0 atom stereocenters. The van der Waals surface area contributed by atoms with Gasteiger partial charge in [0.05, 0.1) is 12.7 Å². The molecule has 0 saturated heterocycles. The zero-order chi connectivity index (χ0) is 16.8. The summed E-state index contributed by atoms with van der Waals surface area (Å²) in [6, 6.07) is 12.5. The number of methoxy groups -OCH3 is 1. The van der Waals surface area contributed by atoms with Gasteiger partial charge < -0.3 is 9.47 Å². The van der Waals surface area contributed by atoms with Crippen molar-refractivity contribution < 1.29 is 23.9 Å². The molecule has 6 nitrogen and oxygen atoms in total. The molecule has 23 heavy (non-hydrogen) atoms. The number of amides is 1. The van der Waals surface area contributed by atoms with E-state index in [1.807, 2.05) is 0 Å². The number of benzene rings is 2. The molecule has 0 bridgehead atoms. The number of carbonyl (C=O) groups is 3. The Morgan fingerprint density at radius 2 is 1.65 bits per heavy atom. The Kier molecular flexibility index (Phi) is 5.09. The van der Waals surface area contributed by atoms with Crippen LogP contribution in [0.5, 0.6) is 5.75 Å². The first kappa shape index (κ1) is 16.2. The number of carbonyl (C=O) groups excluding carboxylic acids is 3. The summed E-state index contributed by atoms with van der Waals surface area (Å²) in [6.45, 7) is 1.44. The Labute approximate surface area is 133 Å². The van der Waals surface area contributed by atoms with E-state index < -0.39 is 12.1 Å². The summed E-state index contributed by atoms with van der Waals surface area (Å²) in [4.78, 5) is 34.4. The molecular weight excluding hydrogens is 298 g/mol. The van der Waals surface area contributed by atoms with E-state index in [1.54, 1.807) is 24.3 Å². The monoisotopic (exact) mass is 313 g/mol. The molecule has 2 aromatic carbocycles. The van der Waals surface area contributed by atoms with Crippen molar-refractivity contribution >= 4 is 23.5 Å². The highest BCUT2D eigenvalue weighted by molar-refractivity contribution is 5.96. The minimum atomic E-state index is -0.698. The van der Waals surface area contributed by atoms with Crippen molar-refractivity contribution in [2.45, 2.75) is 6.92 Å². The van der Waals surface area contributed by atoms with Crippen molar-refractivity contribution in [1.82, 2.24) is 0 Å². The lowest BCUT2D eigenvalue weighted by Gasteiger charge is -2.08. The molecular formula is C17H15NO5. The fourth-order valence-electron chi connectivity index (χ4n) is 1.84. The zero-order valence-electron chi connectivity index (χ0n) is 12.7. The topological polar surface area (TPSA) is 81.7 Å². The van der Waals surface area contributed by atoms with Crippen LogP contribution in [0, 0.1) is 0 Å². The molecule has 2 aromatic rings. The van der Waals surface area contributed by atoms with Crippen LogP contribution in [-0.2, 0) is 4.74 Å². The van der Waals surface area contributed by atoms with E-state index >= 15 is 0 Å². The molecule has 118 valence electrons. The first-order chi connectivity index (χ1) is 11.0. The molecule has 0 aromatic heterocycles. The largest absolute Gasteiger partial charge is 0.465 e. The lowest BCUT2D eigenvalue weighted by Crippen LogP contribution is -2.17. The minimum Gasteiger partial charge on any atom is -0.465 e. The summed E-state index contributed by atoms with van der Waals surface area (Å²) in [5.41, 5.74) is 1.30. The molecule has 0 spiro atoms. The third-order valence-electron chi connectivity index (χ3n) is 3.00. The van der Waals surface area contributed by atoms with E-state index in [1.165, 1.54) is 38.3 Å². The van der Waals surface area contributed by atoms with E-state index in [4.69, 9.17) is 4.74 Å². The van der Waals surface area contributed by atoms with Crippen molar-refractivity contribution in [2.75, 3.05) is 12.4 Å². The first-order valence-electron chi connectivity index (χ1n) is 6.78. The summed E-state index contributed by atoms with van der Waals surface area (Å²) >= 11 is 0. The molecule has 0 radical (unpaired) electrons. The van der Waals surface area contributed by atoms with Crippen LogP contribution in [0.3, 0.4) is 0 Å². The van der Waals surface area contributed by atoms with Crippen molar-refractivity contribution in [1.29, 1.82) is 0 Å². The number of nitrogens with one attached hydrogen (secondary N) is 1. The molecule has 1 amide bonds. The van der Waals surface area contributed by atoms with E-state index in [9.17, 15) is 14.4 Å². The summed E-state index contributed by atoms with van der Waals surface area (Å²) in [5.74, 6) is -0.291. The van der Waals surface area contributed by atoms with Gasteiger partial charge in [0.15, 0.2) is 5.78 Å². The quantitative estimate of drug-likeness (QED) is 0.692. The number of Topliss-reactive ketones (excluding diaryl/α,β-unsaturated/α-hetero) is 1. The first-order valence-corrected chi connectivity index (χ1v) is 6.78. The van der Waals surface area contributed by atoms with E-state index in [0.29, 0.717) is 16.8 Å². The number of rotatable bonds is 4. The summed E-state index contributed by atoms with van der Waals surface area (Å²) in [5, 5.41) is 2.53. The summed E-state index contributed by atoms with van der Waals surface area (Å²) in [6.07, 6.45) is -0.698. The van der Waals surface area contributed by atoms with Crippen molar-refractivity contribution in [3.8, 4) is 5.75 Å². The van der Waals surface area contributed by atoms with Gasteiger partial charge in [-0.3, -0.25) is 10.1 Å². The highest BCUT2D eigenvalue weighted by Gasteiger charge is 2.09. The van der Waals surface area contributed by atoms with Crippen LogP contribution in [0.15, 0.2) is 48.5 Å². The molecule has 0 unspecified atom stereocenters. The summed E-state index contributed by atoms with van der Waals surface area (Å²) in [7, 11) is 1.29. The van der Waals surface area contributed by atoms with Crippen molar-refractivity contribution in [3.05, 3.63) is 59.7 Å². The third kappa shape index (κ3) is 4.41. The Morgan fingerprint density at radius 3 is 2.26 bits per heavy atom. The van der Waals surface area contributed by atoms with Crippen LogP contribution in [0.4, 0.5) is 10.5 Å². The second kappa shape index (κ2) is 7.22. The molecule has 1 N–H and O–H groups in total. The number of ether oxygens (including phenoxy) is 2. The van der Waals surface area contributed by atoms with E-state index in [-0.39, 0.29) is 11.5 Å². The molecule has 0 heterocycles. The second-order valence-electron chi connectivity index (χ2n) is 4.67. The SMILES string of the molecule is COC(=O)c1ccc(OC(=O)Nc2cccc(C(C)=O)c2)cc1. The number of hydrogen-bond donors (Lipinski definition) is 1. The van der Waals surface area contributed by atoms with Gasteiger partial charge in [0.25, 0.3) is 0 Å². The third-order valence-corrected chi connectivity index (χ3v) is 3.00. The highest BCUT2D eigenvalue weighted by atomic mass is 16.6. The maximum atomic E-state index is 11.8. The molecule has 0 fully saturated rings. The highest BCUT2D eigenvalue weighted by Crippen LogP contribution is 2.15. The predicted molar refractivity (Wildman–Crippen MR) is 83.9 cm³/mol. The Morgan fingerprint density at radius 1 is 0.957 bits per heavy atom. The molecule has 2 rings (SSSR count). The van der Waals surface area contributed by atoms with Gasteiger partial charge in [-0.05, 0) is 43.3 Å². The van der Waals surface area contributed by atoms with Gasteiger partial charge in [0, 0.05) is 11.3 Å². The maximum absolute atomic E-state index is 11.8. The molecule has 0 aliphatic carbocycles. The zero-order valence-corrected chi connectivity index (χ0v) is 12.7. The van der Waals surface area contributed by atoms with Gasteiger partial charge in [0.1, 0.15) is 5.75 Å². The smallest absolute Gasteiger partial charge is 0.417 e. The molecule has 0 aliphatic rings. The van der Waals surface area contributed by atoms with Crippen molar-refractivity contribution in [2.24, 2.45) is 0 Å². The number of esters is 1. The standard InChI is InChI=1S/C17H15NO5/c1-11(19)13-4-3-5-14(10-13)18-17(21)23-15-8-6-12(7-9-15)16(20)22-2/h3-10H,1-2H3,(H,18,21). The Bertz CT molecular complexity index is 737. The molecule has 0 aliphatic heterocycles. The Balaban J connectivity index is 2.01. The molecule has 0 saturated carbocycles. The van der Waals surface area contributed by atoms with Crippen LogP contribution < -0.4 is 10.1 Å². The van der Waals surface area contributed by atoms with Crippen LogP contribution in [0.1, 0.15) is 27.6 Å². The molecule has 6 heteroatoms. The lowest BCUT2D eigenvalue weighted by atomic mass is 10.1. The average Bonchev–Trinajstić information content (AvgIpc) is 2.55. The number of hydrogen-bond acceptors (Lipinski definition) is 5. The average molecular weight is 313 g/mol. The normalized spacial score (nSPS) is 9.83. The number of ketones is 1. The van der Waals surface area contributed by atoms with Gasteiger partial charge in [-0.1, -0.05) is 12.1 Å². The maximum Gasteiger partial charge on any atom is 0.417 e. The van der Waals surface area contributed by atoms with E-state index in [2.05, 4.69) is 10.1 Å². The lowest BCUT2D eigenvalue weighted by molar-refractivity contribution is 0.0600. The van der Waals surface area contributed by atoms with Gasteiger partial charge in [-0.15, -0.1) is 0 Å². The summed E-state index contributed by atoms with van der Waals surface area (Å²) < 4.78 is 9.68. The van der Waals surface area contributed by atoms with Crippen LogP contribution >= 0.6 is 0 Å². The van der Waals surface area contributed by atoms with Gasteiger partial charge in [-0.25, -0.2) is 9.59 Å². The van der Waals surface area contributed by atoms with Gasteiger partial charge in [0.2, 0.25) is 0 Å². The van der Waals surface area contributed by atoms with Crippen molar-refractivity contribution in [3.63, 3.8) is 0 Å². The Hall–Kier alpha value is -3.15. The second-order valence-corrected chi connectivity index (χ2v) is 4.67.